The molecule has 2 N–H and O–H groups in total. The lowest BCUT2D eigenvalue weighted by molar-refractivity contribution is 0.313. The van der Waals surface area contributed by atoms with Gasteiger partial charge in [0.1, 0.15) is 5.69 Å². The van der Waals surface area contributed by atoms with Gasteiger partial charge in [0.2, 0.25) is 11.7 Å². The molecule has 0 spiro atoms. The van der Waals surface area contributed by atoms with Crippen LogP contribution in [0.15, 0.2) is 22.9 Å². The summed E-state index contributed by atoms with van der Waals surface area (Å²) < 4.78 is 5.32. The standard InChI is InChI=1S/C16H24N4O/c1-5-11-7-6-8-18-14(11)15-19-13(21-20-15)9-12(17)10-16(2,3)4/h6-8,12H,5,9-10,17H2,1-4H3. The van der Waals surface area contributed by atoms with Gasteiger partial charge in [0.15, 0.2) is 0 Å². The molecule has 2 aromatic heterocycles. The second-order valence-electron chi connectivity index (χ2n) is 6.61. The van der Waals surface area contributed by atoms with Gasteiger partial charge < -0.3 is 10.3 Å². The monoisotopic (exact) mass is 288 g/mol. The summed E-state index contributed by atoms with van der Waals surface area (Å²) in [5, 5.41) is 4.04. The fourth-order valence-electron chi connectivity index (χ4n) is 2.44. The van der Waals surface area contributed by atoms with Crippen molar-refractivity contribution < 1.29 is 4.52 Å². The SMILES string of the molecule is CCc1cccnc1-c1noc(CC(N)CC(C)(C)C)n1. The molecule has 0 aliphatic heterocycles. The molecule has 0 saturated heterocycles. The summed E-state index contributed by atoms with van der Waals surface area (Å²) in [6, 6.07) is 3.97. The molecule has 0 aliphatic rings. The van der Waals surface area contributed by atoms with Crippen LogP contribution in [0.25, 0.3) is 11.5 Å². The van der Waals surface area contributed by atoms with Crippen LogP contribution in [-0.4, -0.2) is 21.2 Å². The van der Waals surface area contributed by atoms with Gasteiger partial charge in [0, 0.05) is 18.7 Å². The molecule has 114 valence electrons. The van der Waals surface area contributed by atoms with E-state index in [9.17, 15) is 0 Å². The van der Waals surface area contributed by atoms with Crippen LogP contribution in [-0.2, 0) is 12.8 Å². The van der Waals surface area contributed by atoms with Gasteiger partial charge >= 0.3 is 0 Å². The van der Waals surface area contributed by atoms with Gasteiger partial charge in [-0.1, -0.05) is 38.9 Å². The molecule has 0 saturated carbocycles. The van der Waals surface area contributed by atoms with Gasteiger partial charge in [-0.15, -0.1) is 0 Å². The van der Waals surface area contributed by atoms with Crippen LogP contribution in [0.1, 0.15) is 45.6 Å². The normalized spacial score (nSPS) is 13.4. The van der Waals surface area contributed by atoms with Gasteiger partial charge in [0.25, 0.3) is 0 Å². The van der Waals surface area contributed by atoms with Crippen molar-refractivity contribution in [1.82, 2.24) is 15.1 Å². The summed E-state index contributed by atoms with van der Waals surface area (Å²) in [7, 11) is 0. The Kier molecular flexibility index (Phi) is 4.73. The third-order valence-corrected chi connectivity index (χ3v) is 3.26. The Morgan fingerprint density at radius 2 is 2.10 bits per heavy atom. The van der Waals surface area contributed by atoms with E-state index in [-0.39, 0.29) is 11.5 Å². The second kappa shape index (κ2) is 6.35. The Morgan fingerprint density at radius 3 is 2.76 bits per heavy atom. The van der Waals surface area contributed by atoms with Crippen LogP contribution in [0.2, 0.25) is 0 Å². The van der Waals surface area contributed by atoms with Crippen molar-refractivity contribution in [3.63, 3.8) is 0 Å². The average molecular weight is 288 g/mol. The highest BCUT2D eigenvalue weighted by molar-refractivity contribution is 5.53. The van der Waals surface area contributed by atoms with E-state index in [0.717, 1.165) is 24.1 Å². The Bertz CT molecular complexity index is 586. The first-order valence-corrected chi connectivity index (χ1v) is 7.41. The van der Waals surface area contributed by atoms with E-state index in [1.165, 1.54) is 0 Å². The Labute approximate surface area is 126 Å². The molecule has 0 bridgehead atoms. The predicted octanol–water partition coefficient (Wildman–Crippen LogP) is 3.00. The van der Waals surface area contributed by atoms with Crippen molar-refractivity contribution in [2.45, 2.75) is 53.0 Å². The Hall–Kier alpha value is -1.75. The van der Waals surface area contributed by atoms with Crippen LogP contribution in [0, 0.1) is 5.41 Å². The van der Waals surface area contributed by atoms with Crippen molar-refractivity contribution in [1.29, 1.82) is 0 Å². The zero-order chi connectivity index (χ0) is 15.5. The number of hydrogen-bond donors (Lipinski definition) is 1. The van der Waals surface area contributed by atoms with E-state index in [2.05, 4.69) is 42.8 Å². The lowest BCUT2D eigenvalue weighted by Crippen LogP contribution is -2.28. The van der Waals surface area contributed by atoms with E-state index < -0.39 is 0 Å². The van der Waals surface area contributed by atoms with E-state index in [1.54, 1.807) is 6.20 Å². The van der Waals surface area contributed by atoms with Crippen molar-refractivity contribution in [3.05, 3.63) is 29.8 Å². The third-order valence-electron chi connectivity index (χ3n) is 3.26. The van der Waals surface area contributed by atoms with Crippen LogP contribution in [0.5, 0.6) is 0 Å². The van der Waals surface area contributed by atoms with Crippen LogP contribution < -0.4 is 5.73 Å². The molecule has 5 heteroatoms. The molecule has 5 nitrogen and oxygen atoms in total. The molecule has 0 amide bonds. The zero-order valence-corrected chi connectivity index (χ0v) is 13.3. The van der Waals surface area contributed by atoms with Gasteiger partial charge in [-0.2, -0.15) is 4.98 Å². The largest absolute Gasteiger partial charge is 0.339 e. The lowest BCUT2D eigenvalue weighted by atomic mass is 9.87. The van der Waals surface area contributed by atoms with Crippen molar-refractivity contribution in [2.24, 2.45) is 11.1 Å². The Morgan fingerprint density at radius 1 is 1.33 bits per heavy atom. The van der Waals surface area contributed by atoms with Crippen molar-refractivity contribution in [3.8, 4) is 11.5 Å². The fraction of sp³-hybridized carbons (Fsp3) is 0.562. The Balaban J connectivity index is 2.11. The van der Waals surface area contributed by atoms with E-state index in [0.29, 0.717) is 18.1 Å². The van der Waals surface area contributed by atoms with E-state index in [4.69, 9.17) is 10.3 Å². The summed E-state index contributed by atoms with van der Waals surface area (Å²) in [5.74, 6) is 1.12. The third kappa shape index (κ3) is 4.36. The molecule has 1 atom stereocenters. The molecular weight excluding hydrogens is 264 g/mol. The van der Waals surface area contributed by atoms with Gasteiger partial charge in [-0.05, 0) is 29.9 Å². The molecule has 2 rings (SSSR count). The highest BCUT2D eigenvalue weighted by Gasteiger charge is 2.19. The maximum absolute atomic E-state index is 6.15. The summed E-state index contributed by atoms with van der Waals surface area (Å²) >= 11 is 0. The molecule has 0 aliphatic carbocycles. The minimum Gasteiger partial charge on any atom is -0.339 e. The van der Waals surface area contributed by atoms with E-state index >= 15 is 0 Å². The maximum atomic E-state index is 6.15. The quantitative estimate of drug-likeness (QED) is 0.915. The average Bonchev–Trinajstić information content (AvgIpc) is 2.84. The number of nitrogens with two attached hydrogens (primary N) is 1. The molecule has 21 heavy (non-hydrogen) atoms. The summed E-state index contributed by atoms with van der Waals surface area (Å²) in [6.07, 6.45) is 4.14. The minimum absolute atomic E-state index is 0.0210. The van der Waals surface area contributed by atoms with Crippen LogP contribution in [0.3, 0.4) is 0 Å². The number of rotatable bonds is 5. The topological polar surface area (TPSA) is 77.8 Å². The predicted molar refractivity (Wildman–Crippen MR) is 82.7 cm³/mol. The first-order valence-electron chi connectivity index (χ1n) is 7.41. The lowest BCUT2D eigenvalue weighted by Gasteiger charge is -2.21. The van der Waals surface area contributed by atoms with Gasteiger partial charge in [0.05, 0.1) is 0 Å². The van der Waals surface area contributed by atoms with Gasteiger partial charge in [-0.3, -0.25) is 4.98 Å². The van der Waals surface area contributed by atoms with Gasteiger partial charge in [-0.25, -0.2) is 0 Å². The van der Waals surface area contributed by atoms with E-state index in [1.807, 2.05) is 12.1 Å². The molecule has 1 unspecified atom stereocenters. The maximum Gasteiger partial charge on any atom is 0.228 e. The molecule has 0 aromatic carbocycles. The highest BCUT2D eigenvalue weighted by Crippen LogP contribution is 2.22. The number of aromatic nitrogens is 3. The molecular formula is C16H24N4O. The molecule has 2 heterocycles. The summed E-state index contributed by atoms with van der Waals surface area (Å²) in [6.45, 7) is 8.61. The number of hydrogen-bond acceptors (Lipinski definition) is 5. The summed E-state index contributed by atoms with van der Waals surface area (Å²) in [5.41, 5.74) is 8.25. The zero-order valence-electron chi connectivity index (χ0n) is 13.3. The van der Waals surface area contributed by atoms with Crippen LogP contribution >= 0.6 is 0 Å². The minimum atomic E-state index is 0.0210. The number of aryl methyl sites for hydroxylation is 1. The summed E-state index contributed by atoms with van der Waals surface area (Å²) in [4.78, 5) is 8.79. The first-order chi connectivity index (χ1) is 9.89. The smallest absolute Gasteiger partial charge is 0.228 e. The number of nitrogens with zero attached hydrogens (tertiary/aromatic N) is 3. The fourth-order valence-corrected chi connectivity index (χ4v) is 2.44. The molecule has 0 radical (unpaired) electrons. The molecule has 2 aromatic rings. The molecule has 0 fully saturated rings. The van der Waals surface area contributed by atoms with Crippen LogP contribution in [0.4, 0.5) is 0 Å². The second-order valence-corrected chi connectivity index (χ2v) is 6.61. The van der Waals surface area contributed by atoms with Crippen molar-refractivity contribution >= 4 is 0 Å². The first kappa shape index (κ1) is 15.6. The van der Waals surface area contributed by atoms with Crippen molar-refractivity contribution in [2.75, 3.05) is 0 Å². The highest BCUT2D eigenvalue weighted by atomic mass is 16.5. The number of pyridine rings is 1.